The third-order valence-corrected chi connectivity index (χ3v) is 6.49. The van der Waals surface area contributed by atoms with Crippen LogP contribution in [0.2, 0.25) is 0 Å². The SMILES string of the molecule is COc1ccc(OC)c(NC(=O)c2ccccc2NC(=O)c2ccccc2N(c2ccccc2)c2ccccc2)c1. The lowest BCUT2D eigenvalue weighted by atomic mass is 10.1. The van der Waals surface area contributed by atoms with E-state index >= 15 is 0 Å². The smallest absolute Gasteiger partial charge is 0.257 e. The van der Waals surface area contributed by atoms with E-state index in [1.165, 1.54) is 7.11 Å². The summed E-state index contributed by atoms with van der Waals surface area (Å²) in [5.74, 6) is 0.296. The van der Waals surface area contributed by atoms with Crippen molar-refractivity contribution in [3.8, 4) is 11.5 Å². The number of rotatable bonds is 9. The van der Waals surface area contributed by atoms with Gasteiger partial charge >= 0.3 is 0 Å². The molecule has 0 radical (unpaired) electrons. The van der Waals surface area contributed by atoms with Gasteiger partial charge in [0.05, 0.1) is 42.4 Å². The summed E-state index contributed by atoms with van der Waals surface area (Å²) in [7, 11) is 3.07. The maximum Gasteiger partial charge on any atom is 0.257 e. The molecule has 0 aromatic heterocycles. The lowest BCUT2D eigenvalue weighted by molar-refractivity contribution is 0.102. The van der Waals surface area contributed by atoms with Gasteiger partial charge in [0.2, 0.25) is 0 Å². The van der Waals surface area contributed by atoms with E-state index in [-0.39, 0.29) is 5.91 Å². The Bertz CT molecular complexity index is 1620. The summed E-state index contributed by atoms with van der Waals surface area (Å²) in [6, 6.07) is 39.1. The van der Waals surface area contributed by atoms with Crippen LogP contribution in [0.15, 0.2) is 127 Å². The molecule has 5 rings (SSSR count). The molecule has 2 amide bonds. The summed E-state index contributed by atoms with van der Waals surface area (Å²) in [4.78, 5) is 29.2. The second kappa shape index (κ2) is 12.5. The highest BCUT2D eigenvalue weighted by molar-refractivity contribution is 6.14. The summed E-state index contributed by atoms with van der Waals surface area (Å²) >= 11 is 0. The maximum atomic E-state index is 13.8. The van der Waals surface area contributed by atoms with Crippen LogP contribution in [0.5, 0.6) is 11.5 Å². The minimum absolute atomic E-state index is 0.297. The summed E-state index contributed by atoms with van der Waals surface area (Å²) < 4.78 is 10.7. The first-order valence-corrected chi connectivity index (χ1v) is 13.0. The molecule has 0 heterocycles. The van der Waals surface area contributed by atoms with Crippen LogP contribution in [0.1, 0.15) is 20.7 Å². The largest absolute Gasteiger partial charge is 0.497 e. The first kappa shape index (κ1) is 27.0. The Morgan fingerprint density at radius 2 is 1.10 bits per heavy atom. The predicted molar refractivity (Wildman–Crippen MR) is 163 cm³/mol. The van der Waals surface area contributed by atoms with E-state index in [0.29, 0.717) is 39.7 Å². The van der Waals surface area contributed by atoms with Crippen LogP contribution in [0.25, 0.3) is 0 Å². The number of hydrogen-bond donors (Lipinski definition) is 2. The van der Waals surface area contributed by atoms with E-state index in [2.05, 4.69) is 10.6 Å². The van der Waals surface area contributed by atoms with Gasteiger partial charge in [-0.3, -0.25) is 9.59 Å². The highest BCUT2D eigenvalue weighted by Gasteiger charge is 2.21. The minimum Gasteiger partial charge on any atom is -0.497 e. The molecule has 7 nitrogen and oxygen atoms in total. The summed E-state index contributed by atoms with van der Waals surface area (Å²) in [5, 5.41) is 5.84. The van der Waals surface area contributed by atoms with Crippen molar-refractivity contribution in [2.75, 3.05) is 29.8 Å². The fraction of sp³-hybridized carbons (Fsp3) is 0.0588. The number of nitrogens with one attached hydrogen (secondary N) is 2. The number of nitrogens with zero attached hydrogens (tertiary/aromatic N) is 1. The molecule has 5 aromatic rings. The normalized spacial score (nSPS) is 10.4. The second-order valence-electron chi connectivity index (χ2n) is 9.04. The molecule has 204 valence electrons. The number of amides is 2. The van der Waals surface area contributed by atoms with Crippen LogP contribution in [0.4, 0.5) is 28.4 Å². The van der Waals surface area contributed by atoms with Gasteiger partial charge in [-0.2, -0.15) is 0 Å². The Morgan fingerprint density at radius 3 is 1.73 bits per heavy atom. The highest BCUT2D eigenvalue weighted by atomic mass is 16.5. The Hall–Kier alpha value is -5.56. The van der Waals surface area contributed by atoms with Gasteiger partial charge in [0, 0.05) is 17.4 Å². The van der Waals surface area contributed by atoms with Crippen molar-refractivity contribution in [2.45, 2.75) is 0 Å². The van der Waals surface area contributed by atoms with Gasteiger partial charge in [0.25, 0.3) is 11.8 Å². The molecule has 0 aliphatic carbocycles. The van der Waals surface area contributed by atoms with Crippen molar-refractivity contribution >= 4 is 40.3 Å². The molecular formula is C34H29N3O4. The van der Waals surface area contributed by atoms with Crippen LogP contribution in [-0.2, 0) is 0 Å². The van der Waals surface area contributed by atoms with E-state index < -0.39 is 5.91 Å². The number of para-hydroxylation sites is 4. The molecule has 0 saturated heterocycles. The van der Waals surface area contributed by atoms with Gasteiger partial charge in [0.1, 0.15) is 11.5 Å². The molecule has 7 heteroatoms. The minimum atomic E-state index is -0.407. The fourth-order valence-corrected chi connectivity index (χ4v) is 4.52. The van der Waals surface area contributed by atoms with E-state index in [0.717, 1.165) is 11.4 Å². The van der Waals surface area contributed by atoms with E-state index in [9.17, 15) is 9.59 Å². The number of methoxy groups -OCH3 is 2. The molecular weight excluding hydrogens is 514 g/mol. The average Bonchev–Trinajstić information content (AvgIpc) is 3.02. The van der Waals surface area contributed by atoms with Crippen LogP contribution in [0.3, 0.4) is 0 Å². The third-order valence-electron chi connectivity index (χ3n) is 6.49. The Balaban J connectivity index is 1.47. The van der Waals surface area contributed by atoms with Crippen molar-refractivity contribution in [3.05, 3.63) is 139 Å². The standard InChI is InChI=1S/C34H29N3O4/c1-40-26-21-22-32(41-2)30(23-26)36-33(38)27-17-9-11-19-29(27)35-34(39)28-18-10-12-20-31(28)37(24-13-5-3-6-14-24)25-15-7-4-8-16-25/h3-23H,1-2H3,(H,35,39)(H,36,38). The summed E-state index contributed by atoms with van der Waals surface area (Å²) in [6.07, 6.45) is 0. The Morgan fingerprint density at radius 1 is 0.561 bits per heavy atom. The van der Waals surface area contributed by atoms with Crippen molar-refractivity contribution in [2.24, 2.45) is 0 Å². The van der Waals surface area contributed by atoms with Crippen LogP contribution in [0, 0.1) is 0 Å². The molecule has 0 atom stereocenters. The second-order valence-corrected chi connectivity index (χ2v) is 9.04. The van der Waals surface area contributed by atoms with E-state index in [4.69, 9.17) is 9.47 Å². The zero-order valence-corrected chi connectivity index (χ0v) is 22.7. The molecule has 0 fully saturated rings. The molecule has 0 saturated carbocycles. The first-order valence-electron chi connectivity index (χ1n) is 13.0. The molecule has 0 aliphatic heterocycles. The van der Waals surface area contributed by atoms with E-state index in [1.807, 2.05) is 83.8 Å². The maximum absolute atomic E-state index is 13.8. The predicted octanol–water partition coefficient (Wildman–Crippen LogP) is 7.68. The third kappa shape index (κ3) is 6.04. The van der Waals surface area contributed by atoms with Crippen LogP contribution < -0.4 is 25.0 Å². The van der Waals surface area contributed by atoms with Gasteiger partial charge < -0.3 is 25.0 Å². The number of ether oxygens (including phenoxy) is 2. The van der Waals surface area contributed by atoms with Gasteiger partial charge in [-0.25, -0.2) is 0 Å². The quantitative estimate of drug-likeness (QED) is 0.199. The van der Waals surface area contributed by atoms with Crippen LogP contribution >= 0.6 is 0 Å². The highest BCUT2D eigenvalue weighted by Crippen LogP contribution is 2.37. The number of carbonyl (C=O) groups excluding carboxylic acids is 2. The summed E-state index contributed by atoms with van der Waals surface area (Å²) in [6.45, 7) is 0. The monoisotopic (exact) mass is 543 g/mol. The van der Waals surface area contributed by atoms with Crippen molar-refractivity contribution < 1.29 is 19.1 Å². The van der Waals surface area contributed by atoms with Crippen molar-refractivity contribution in [1.82, 2.24) is 0 Å². The summed E-state index contributed by atoms with van der Waals surface area (Å²) in [5.41, 5.74) is 4.08. The number of anilines is 5. The van der Waals surface area contributed by atoms with Crippen LogP contribution in [-0.4, -0.2) is 26.0 Å². The van der Waals surface area contributed by atoms with Gasteiger partial charge in [-0.1, -0.05) is 60.7 Å². The average molecular weight is 544 g/mol. The molecule has 2 N–H and O–H groups in total. The van der Waals surface area contributed by atoms with Gasteiger partial charge in [-0.15, -0.1) is 0 Å². The molecule has 0 aliphatic rings. The molecule has 5 aromatic carbocycles. The zero-order chi connectivity index (χ0) is 28.6. The zero-order valence-electron chi connectivity index (χ0n) is 22.7. The molecule has 0 unspecified atom stereocenters. The Kier molecular flexibility index (Phi) is 8.26. The molecule has 0 spiro atoms. The van der Waals surface area contributed by atoms with Crippen molar-refractivity contribution in [1.29, 1.82) is 0 Å². The Labute approximate surface area is 239 Å². The number of benzene rings is 5. The number of hydrogen-bond acceptors (Lipinski definition) is 5. The fourth-order valence-electron chi connectivity index (χ4n) is 4.52. The first-order chi connectivity index (χ1) is 20.1. The van der Waals surface area contributed by atoms with Crippen molar-refractivity contribution in [3.63, 3.8) is 0 Å². The van der Waals surface area contributed by atoms with E-state index in [1.54, 1.807) is 55.6 Å². The number of carbonyl (C=O) groups is 2. The lowest BCUT2D eigenvalue weighted by Gasteiger charge is -2.27. The van der Waals surface area contributed by atoms with Gasteiger partial charge in [0.15, 0.2) is 0 Å². The topological polar surface area (TPSA) is 79.9 Å². The molecule has 0 bridgehead atoms. The lowest BCUT2D eigenvalue weighted by Crippen LogP contribution is -2.21. The molecule has 41 heavy (non-hydrogen) atoms. The van der Waals surface area contributed by atoms with Gasteiger partial charge in [-0.05, 0) is 60.7 Å².